The van der Waals surface area contributed by atoms with Crippen LogP contribution in [0.4, 0.5) is 0 Å². The average Bonchev–Trinajstić information content (AvgIpc) is 2.49. The molecule has 0 aliphatic rings. The summed E-state index contributed by atoms with van der Waals surface area (Å²) in [5, 5.41) is 0. The second kappa shape index (κ2) is 12.4. The number of rotatable bonds is 14. The normalized spacial score (nSPS) is 12.3. The highest BCUT2D eigenvalue weighted by molar-refractivity contribution is 6.79. The van der Waals surface area contributed by atoms with E-state index in [1.54, 1.807) is 0 Å². The summed E-state index contributed by atoms with van der Waals surface area (Å²) >= 11 is 0. The standard InChI is InChI=1S/C18H40N2Si/c1-7-13-18-21(12-6,19(14-8-2)15-9-3)20(16-10-4)17-11-5/h12H,6-11,13-18H2,1-5H3. The molecule has 0 fully saturated rings. The first-order valence-corrected chi connectivity index (χ1v) is 11.5. The molecule has 0 unspecified atom stereocenters. The van der Waals surface area contributed by atoms with E-state index in [9.17, 15) is 0 Å². The SMILES string of the molecule is C=C[Si](CCCC)(N(CCC)CCC)N(CCC)CCC. The van der Waals surface area contributed by atoms with Crippen molar-refractivity contribution in [3.63, 3.8) is 0 Å². The maximum Gasteiger partial charge on any atom is 0.231 e. The lowest BCUT2D eigenvalue weighted by Gasteiger charge is -2.47. The minimum atomic E-state index is -1.70. The van der Waals surface area contributed by atoms with E-state index in [0.29, 0.717) is 0 Å². The monoisotopic (exact) mass is 312 g/mol. The molecule has 0 radical (unpaired) electrons. The second-order valence-corrected chi connectivity index (χ2v) is 10.1. The van der Waals surface area contributed by atoms with Gasteiger partial charge >= 0.3 is 0 Å². The molecule has 2 nitrogen and oxygen atoms in total. The van der Waals surface area contributed by atoms with Gasteiger partial charge in [0.25, 0.3) is 0 Å². The van der Waals surface area contributed by atoms with Crippen LogP contribution >= 0.6 is 0 Å². The molecule has 0 aromatic rings. The molecule has 0 amide bonds. The van der Waals surface area contributed by atoms with Crippen LogP contribution in [-0.4, -0.2) is 43.7 Å². The lowest BCUT2D eigenvalue weighted by atomic mass is 10.4. The van der Waals surface area contributed by atoms with Crippen molar-refractivity contribution < 1.29 is 0 Å². The highest BCUT2D eigenvalue weighted by atomic mass is 28.3. The first-order valence-electron chi connectivity index (χ1n) is 9.30. The Morgan fingerprint density at radius 1 is 0.714 bits per heavy atom. The van der Waals surface area contributed by atoms with Crippen molar-refractivity contribution in [2.45, 2.75) is 79.2 Å². The van der Waals surface area contributed by atoms with Crippen molar-refractivity contribution in [1.29, 1.82) is 0 Å². The Morgan fingerprint density at radius 2 is 1.10 bits per heavy atom. The van der Waals surface area contributed by atoms with Crippen molar-refractivity contribution in [2.75, 3.05) is 26.2 Å². The Bertz CT molecular complexity index is 228. The molecule has 0 aromatic heterocycles. The molecule has 0 heterocycles. The van der Waals surface area contributed by atoms with Gasteiger partial charge in [-0.1, -0.05) is 53.2 Å². The topological polar surface area (TPSA) is 6.48 Å². The van der Waals surface area contributed by atoms with Gasteiger partial charge in [0, 0.05) is 0 Å². The van der Waals surface area contributed by atoms with Crippen molar-refractivity contribution in [3.8, 4) is 0 Å². The van der Waals surface area contributed by atoms with Crippen LogP contribution in [0.3, 0.4) is 0 Å². The zero-order valence-electron chi connectivity index (χ0n) is 15.5. The van der Waals surface area contributed by atoms with Gasteiger partial charge < -0.3 is 9.13 Å². The lowest BCUT2D eigenvalue weighted by molar-refractivity contribution is 0.320. The molecular formula is C18H40N2Si. The fraction of sp³-hybridized carbons (Fsp3) is 0.889. The summed E-state index contributed by atoms with van der Waals surface area (Å²) in [6.45, 7) is 20.9. The largest absolute Gasteiger partial charge is 0.308 e. The maximum atomic E-state index is 4.34. The first kappa shape index (κ1) is 20.9. The molecule has 0 atom stereocenters. The fourth-order valence-electron chi connectivity index (χ4n) is 3.39. The molecule has 0 saturated carbocycles. The van der Waals surface area contributed by atoms with Crippen LogP contribution in [0.25, 0.3) is 0 Å². The van der Waals surface area contributed by atoms with Gasteiger partial charge in [-0.3, -0.25) is 0 Å². The Balaban J connectivity index is 5.46. The summed E-state index contributed by atoms with van der Waals surface area (Å²) in [5.74, 6) is 0. The maximum absolute atomic E-state index is 4.34. The summed E-state index contributed by atoms with van der Waals surface area (Å²) in [6.07, 6.45) is 7.64. The second-order valence-electron chi connectivity index (χ2n) is 6.16. The average molecular weight is 313 g/mol. The van der Waals surface area contributed by atoms with Crippen LogP contribution in [0.5, 0.6) is 0 Å². The third kappa shape index (κ3) is 6.25. The molecule has 0 aromatic carbocycles. The van der Waals surface area contributed by atoms with E-state index < -0.39 is 8.40 Å². The smallest absolute Gasteiger partial charge is 0.231 e. The molecule has 0 N–H and O–H groups in total. The van der Waals surface area contributed by atoms with E-state index in [2.05, 4.69) is 56.0 Å². The molecule has 126 valence electrons. The third-order valence-electron chi connectivity index (χ3n) is 4.29. The lowest BCUT2D eigenvalue weighted by Crippen LogP contribution is -2.65. The summed E-state index contributed by atoms with van der Waals surface area (Å²) in [5.41, 5.74) is 2.39. The minimum Gasteiger partial charge on any atom is -0.308 e. The summed E-state index contributed by atoms with van der Waals surface area (Å²) in [7, 11) is -1.70. The van der Waals surface area contributed by atoms with E-state index in [4.69, 9.17) is 0 Å². The zero-order chi connectivity index (χ0) is 16.1. The van der Waals surface area contributed by atoms with Gasteiger partial charge in [-0.25, -0.2) is 0 Å². The van der Waals surface area contributed by atoms with Crippen LogP contribution in [0, 0.1) is 0 Å². The van der Waals surface area contributed by atoms with Crippen molar-refractivity contribution in [1.82, 2.24) is 9.13 Å². The molecular weight excluding hydrogens is 272 g/mol. The van der Waals surface area contributed by atoms with Gasteiger partial charge in [-0.15, -0.1) is 6.58 Å². The molecule has 21 heavy (non-hydrogen) atoms. The number of hydrogen-bond acceptors (Lipinski definition) is 2. The number of nitrogens with zero attached hydrogens (tertiary/aromatic N) is 2. The van der Waals surface area contributed by atoms with Gasteiger partial charge in [0.15, 0.2) is 0 Å². The van der Waals surface area contributed by atoms with Gasteiger partial charge in [0.2, 0.25) is 8.40 Å². The molecule has 0 saturated heterocycles. The Morgan fingerprint density at radius 3 is 1.33 bits per heavy atom. The molecule has 0 spiro atoms. The summed E-state index contributed by atoms with van der Waals surface area (Å²) in [4.78, 5) is 0. The van der Waals surface area contributed by atoms with Gasteiger partial charge in [0.05, 0.1) is 0 Å². The highest BCUT2D eigenvalue weighted by Crippen LogP contribution is 2.26. The van der Waals surface area contributed by atoms with Gasteiger partial charge in [-0.05, 0) is 57.9 Å². The van der Waals surface area contributed by atoms with E-state index in [1.165, 1.54) is 70.7 Å². The van der Waals surface area contributed by atoms with Crippen LogP contribution in [-0.2, 0) is 0 Å². The van der Waals surface area contributed by atoms with E-state index in [0.717, 1.165) is 0 Å². The quantitative estimate of drug-likeness (QED) is 0.407. The Kier molecular flexibility index (Phi) is 12.4. The van der Waals surface area contributed by atoms with Crippen LogP contribution in [0.1, 0.15) is 73.1 Å². The Labute approximate surface area is 135 Å². The molecule has 0 aliphatic heterocycles. The van der Waals surface area contributed by atoms with Crippen LogP contribution in [0.2, 0.25) is 6.04 Å². The van der Waals surface area contributed by atoms with Crippen molar-refractivity contribution >= 4 is 8.40 Å². The van der Waals surface area contributed by atoms with Crippen molar-refractivity contribution in [3.05, 3.63) is 12.3 Å². The zero-order valence-corrected chi connectivity index (χ0v) is 16.5. The fourth-order valence-corrected chi connectivity index (χ4v) is 8.46. The molecule has 0 bridgehead atoms. The molecule has 3 heteroatoms. The predicted molar refractivity (Wildman–Crippen MR) is 100.0 cm³/mol. The van der Waals surface area contributed by atoms with Gasteiger partial charge in [0.1, 0.15) is 0 Å². The van der Waals surface area contributed by atoms with E-state index in [1.807, 2.05) is 0 Å². The minimum absolute atomic E-state index is 1.24. The Hall–Kier alpha value is -0.123. The summed E-state index contributed by atoms with van der Waals surface area (Å²) < 4.78 is 5.67. The molecule has 0 aliphatic carbocycles. The predicted octanol–water partition coefficient (Wildman–Crippen LogP) is 5.20. The number of unbranched alkanes of at least 4 members (excludes halogenated alkanes) is 1. The van der Waals surface area contributed by atoms with Crippen LogP contribution < -0.4 is 0 Å². The summed E-state index contributed by atoms with van der Waals surface area (Å²) in [6, 6.07) is 1.35. The number of hydrogen-bond donors (Lipinski definition) is 0. The molecule has 0 rings (SSSR count). The van der Waals surface area contributed by atoms with Crippen molar-refractivity contribution in [2.24, 2.45) is 0 Å². The van der Waals surface area contributed by atoms with E-state index >= 15 is 0 Å². The third-order valence-corrected chi connectivity index (χ3v) is 9.12. The first-order chi connectivity index (χ1) is 10.2. The van der Waals surface area contributed by atoms with Gasteiger partial charge in [-0.2, -0.15) is 0 Å². The van der Waals surface area contributed by atoms with Crippen LogP contribution in [0.15, 0.2) is 12.3 Å². The highest BCUT2D eigenvalue weighted by Gasteiger charge is 2.41. The van der Waals surface area contributed by atoms with E-state index in [-0.39, 0.29) is 0 Å².